The number of nitrogens with two attached hydrogens (primary N) is 3. The quantitative estimate of drug-likeness (QED) is 0.525. The normalized spacial score (nSPS) is 19.6. The Kier molecular flexibility index (Phi) is 5.31. The van der Waals surface area contributed by atoms with Crippen molar-refractivity contribution < 1.29 is 23.9 Å². The largest absolute Gasteiger partial charge is 0.445 e. The fourth-order valence-electron chi connectivity index (χ4n) is 4.31. The Morgan fingerprint density at radius 2 is 1.88 bits per heavy atom. The number of fused-ring (bicyclic) bond motifs is 3. The predicted molar refractivity (Wildman–Crippen MR) is 113 cm³/mol. The molecule has 10 heteroatoms. The van der Waals surface area contributed by atoms with Crippen molar-refractivity contribution in [2.75, 3.05) is 0 Å². The van der Waals surface area contributed by atoms with Gasteiger partial charge in [-0.15, -0.1) is 0 Å². The SMILES string of the molecule is CC1=C(N)C(=O)c2c(COC(N)=O)c3n(c2C1=O)C[C@H](NC(=O)Cc1ccccc1)[C@H]3N. The second-order valence-electron chi connectivity index (χ2n) is 7.86. The van der Waals surface area contributed by atoms with Gasteiger partial charge in [-0.2, -0.15) is 0 Å². The van der Waals surface area contributed by atoms with Gasteiger partial charge in [0.25, 0.3) is 0 Å². The molecule has 2 aliphatic rings. The average molecular weight is 437 g/mol. The number of ketones is 2. The second-order valence-corrected chi connectivity index (χ2v) is 7.86. The minimum absolute atomic E-state index is 0.0684. The monoisotopic (exact) mass is 437 g/mol. The summed E-state index contributed by atoms with van der Waals surface area (Å²) in [7, 11) is 0. The zero-order valence-electron chi connectivity index (χ0n) is 17.4. The molecule has 2 heterocycles. The van der Waals surface area contributed by atoms with E-state index in [1.165, 1.54) is 6.92 Å². The van der Waals surface area contributed by atoms with E-state index in [0.717, 1.165) is 5.56 Å². The van der Waals surface area contributed by atoms with E-state index in [-0.39, 0.29) is 53.6 Å². The molecule has 32 heavy (non-hydrogen) atoms. The van der Waals surface area contributed by atoms with Crippen LogP contribution in [0.1, 0.15) is 50.6 Å². The number of rotatable bonds is 5. The van der Waals surface area contributed by atoms with Gasteiger partial charge in [-0.1, -0.05) is 30.3 Å². The summed E-state index contributed by atoms with van der Waals surface area (Å²) in [6.07, 6.45) is -0.864. The van der Waals surface area contributed by atoms with Crippen molar-refractivity contribution in [3.8, 4) is 0 Å². The summed E-state index contributed by atoms with van der Waals surface area (Å²) >= 11 is 0. The second kappa shape index (κ2) is 7.97. The van der Waals surface area contributed by atoms with Crippen molar-refractivity contribution >= 4 is 23.6 Å². The summed E-state index contributed by atoms with van der Waals surface area (Å²) in [6.45, 7) is 1.32. The van der Waals surface area contributed by atoms with Gasteiger partial charge in [0, 0.05) is 23.4 Å². The molecule has 166 valence electrons. The number of nitrogens with zero attached hydrogens (tertiary/aromatic N) is 1. The van der Waals surface area contributed by atoms with E-state index < -0.39 is 29.7 Å². The highest BCUT2D eigenvalue weighted by Gasteiger charge is 2.44. The predicted octanol–water partition coefficient (Wildman–Crippen LogP) is 0.436. The summed E-state index contributed by atoms with van der Waals surface area (Å²) in [5, 5.41) is 2.90. The Morgan fingerprint density at radius 1 is 1.19 bits per heavy atom. The number of nitrogens with one attached hydrogen (secondary N) is 1. The van der Waals surface area contributed by atoms with Crippen LogP contribution >= 0.6 is 0 Å². The Hall–Kier alpha value is -3.92. The number of carbonyl (C=O) groups is 4. The molecule has 1 aliphatic carbocycles. The highest BCUT2D eigenvalue weighted by atomic mass is 16.5. The summed E-state index contributed by atoms with van der Waals surface area (Å²) < 4.78 is 6.54. The Bertz CT molecular complexity index is 1180. The van der Waals surface area contributed by atoms with Crippen LogP contribution in [0.2, 0.25) is 0 Å². The fourth-order valence-corrected chi connectivity index (χ4v) is 4.31. The van der Waals surface area contributed by atoms with Crippen molar-refractivity contribution in [2.45, 2.75) is 38.6 Å². The van der Waals surface area contributed by atoms with Crippen molar-refractivity contribution in [2.24, 2.45) is 17.2 Å². The van der Waals surface area contributed by atoms with Crippen LogP contribution in [0.15, 0.2) is 41.6 Å². The van der Waals surface area contributed by atoms with Gasteiger partial charge in [0.1, 0.15) is 12.3 Å². The maximum Gasteiger partial charge on any atom is 0.404 e. The smallest absolute Gasteiger partial charge is 0.404 e. The van der Waals surface area contributed by atoms with Crippen LogP contribution in [0.5, 0.6) is 0 Å². The third-order valence-corrected chi connectivity index (χ3v) is 5.88. The van der Waals surface area contributed by atoms with E-state index in [0.29, 0.717) is 5.69 Å². The molecule has 1 aromatic heterocycles. The number of primary amides is 1. The number of amides is 2. The first-order valence-corrected chi connectivity index (χ1v) is 10.0. The third-order valence-electron chi connectivity index (χ3n) is 5.88. The molecule has 2 atom stereocenters. The zero-order valence-corrected chi connectivity index (χ0v) is 17.4. The van der Waals surface area contributed by atoms with Gasteiger partial charge >= 0.3 is 6.09 Å². The van der Waals surface area contributed by atoms with Gasteiger partial charge in [0.15, 0.2) is 0 Å². The molecule has 2 aromatic rings. The number of Topliss-reactive ketones (excluding diaryl/α,β-unsaturated/α-hetero) is 2. The van der Waals surface area contributed by atoms with Crippen LogP contribution in [-0.4, -0.2) is 34.2 Å². The van der Waals surface area contributed by atoms with Crippen LogP contribution < -0.4 is 22.5 Å². The lowest BCUT2D eigenvalue weighted by Gasteiger charge is -2.20. The van der Waals surface area contributed by atoms with Crippen LogP contribution in [0.25, 0.3) is 0 Å². The van der Waals surface area contributed by atoms with E-state index in [9.17, 15) is 19.2 Å². The van der Waals surface area contributed by atoms with Crippen LogP contribution in [0.4, 0.5) is 4.79 Å². The highest BCUT2D eigenvalue weighted by Crippen LogP contribution is 2.39. The zero-order chi connectivity index (χ0) is 23.2. The Morgan fingerprint density at radius 3 is 2.53 bits per heavy atom. The summed E-state index contributed by atoms with van der Waals surface area (Å²) in [4.78, 5) is 49.7. The lowest BCUT2D eigenvalue weighted by Crippen LogP contribution is -2.42. The van der Waals surface area contributed by atoms with Gasteiger partial charge < -0.3 is 31.8 Å². The van der Waals surface area contributed by atoms with E-state index in [1.807, 2.05) is 30.3 Å². The topological polar surface area (TPSA) is 173 Å². The molecule has 7 N–H and O–H groups in total. The molecule has 1 aliphatic heterocycles. The molecule has 10 nitrogen and oxygen atoms in total. The highest BCUT2D eigenvalue weighted by molar-refractivity contribution is 6.26. The summed E-state index contributed by atoms with van der Waals surface area (Å²) in [6, 6.07) is 7.98. The first-order valence-electron chi connectivity index (χ1n) is 10.0. The van der Waals surface area contributed by atoms with Crippen LogP contribution in [0, 0.1) is 0 Å². The number of hydrogen-bond acceptors (Lipinski definition) is 7. The molecular formula is C22H23N5O5. The molecule has 4 rings (SSSR count). The van der Waals surface area contributed by atoms with Crippen LogP contribution in [0.3, 0.4) is 0 Å². The van der Waals surface area contributed by atoms with Gasteiger partial charge in [0.2, 0.25) is 17.5 Å². The average Bonchev–Trinajstić information content (AvgIpc) is 3.24. The van der Waals surface area contributed by atoms with Crippen molar-refractivity contribution in [1.82, 2.24) is 9.88 Å². The van der Waals surface area contributed by atoms with Crippen molar-refractivity contribution in [3.05, 3.63) is 69.7 Å². The van der Waals surface area contributed by atoms with E-state index >= 15 is 0 Å². The molecule has 0 spiro atoms. The minimum Gasteiger partial charge on any atom is -0.445 e. The number of benzene rings is 1. The maximum absolute atomic E-state index is 13.0. The summed E-state index contributed by atoms with van der Waals surface area (Å²) in [5.41, 5.74) is 19.1. The molecule has 0 fully saturated rings. The first kappa shape index (κ1) is 21.3. The van der Waals surface area contributed by atoms with Crippen molar-refractivity contribution in [1.29, 1.82) is 0 Å². The first-order chi connectivity index (χ1) is 15.2. The van der Waals surface area contributed by atoms with E-state index in [4.69, 9.17) is 21.9 Å². The van der Waals surface area contributed by atoms with Gasteiger partial charge in [0.05, 0.1) is 29.8 Å². The molecule has 0 radical (unpaired) electrons. The minimum atomic E-state index is -1.03. The number of hydrogen-bond donors (Lipinski definition) is 4. The molecule has 0 saturated carbocycles. The number of carbonyl (C=O) groups excluding carboxylic acids is 4. The lowest BCUT2D eigenvalue weighted by molar-refractivity contribution is -0.121. The Labute approximate surface area is 183 Å². The molecule has 1 aromatic carbocycles. The molecular weight excluding hydrogens is 414 g/mol. The summed E-state index contributed by atoms with van der Waals surface area (Å²) in [5.74, 6) is -1.17. The van der Waals surface area contributed by atoms with Crippen molar-refractivity contribution in [3.63, 3.8) is 0 Å². The Balaban J connectivity index is 1.67. The number of aromatic nitrogens is 1. The van der Waals surface area contributed by atoms with E-state index in [1.54, 1.807) is 4.57 Å². The van der Waals surface area contributed by atoms with Gasteiger partial charge in [-0.05, 0) is 12.5 Å². The molecule has 0 bridgehead atoms. The standard InChI is InChI=1S/C22H23N5O5/c1-10-16(23)21(30)15-12(9-32-22(25)31)18-17(24)13(8-27(18)19(15)20(10)29)26-14(28)7-11-5-3-2-4-6-11/h2-6,13,17H,7-9,23-24H2,1H3,(H2,25,31)(H,26,28)/t13-,17+/m0/s1. The van der Waals surface area contributed by atoms with Crippen LogP contribution in [-0.2, 0) is 29.1 Å². The van der Waals surface area contributed by atoms with Gasteiger partial charge in [-0.25, -0.2) is 4.79 Å². The lowest BCUT2D eigenvalue weighted by atomic mass is 9.89. The number of ether oxygens (including phenoxy) is 1. The number of allylic oxidation sites excluding steroid dienone is 2. The molecule has 2 amide bonds. The molecule has 0 saturated heterocycles. The third kappa shape index (κ3) is 3.44. The maximum atomic E-state index is 13.0. The fraction of sp³-hybridized carbons (Fsp3) is 0.273. The molecule has 0 unspecified atom stereocenters. The van der Waals surface area contributed by atoms with Gasteiger partial charge in [-0.3, -0.25) is 14.4 Å². The van der Waals surface area contributed by atoms with E-state index in [2.05, 4.69) is 5.32 Å².